The summed E-state index contributed by atoms with van der Waals surface area (Å²) >= 11 is 0.991. The molecule has 0 saturated heterocycles. The van der Waals surface area contributed by atoms with Crippen LogP contribution in [-0.4, -0.2) is 26.0 Å². The summed E-state index contributed by atoms with van der Waals surface area (Å²) in [6.07, 6.45) is 0.325. The predicted octanol–water partition coefficient (Wildman–Crippen LogP) is 3.12. The fraction of sp³-hybridized carbons (Fsp3) is 0.167. The molecule has 3 N–H and O–H groups in total. The molecule has 0 saturated carbocycles. The van der Waals surface area contributed by atoms with Gasteiger partial charge in [-0.25, -0.2) is 17.8 Å². The third-order valence-corrected chi connectivity index (χ3v) is 4.93. The van der Waals surface area contributed by atoms with Crippen LogP contribution in [0, 0.1) is 17.5 Å². The predicted molar refractivity (Wildman–Crippen MR) is 99.7 cm³/mol. The summed E-state index contributed by atoms with van der Waals surface area (Å²) in [4.78, 5) is 12.3. The second kappa shape index (κ2) is 8.34. The van der Waals surface area contributed by atoms with E-state index >= 15 is 0 Å². The lowest BCUT2D eigenvalue weighted by molar-refractivity contribution is -0.115. The maximum atomic E-state index is 13.7. The van der Waals surface area contributed by atoms with Crippen LogP contribution in [-0.2, 0) is 11.2 Å². The monoisotopic (exact) mass is 407 g/mol. The summed E-state index contributed by atoms with van der Waals surface area (Å²) in [5.74, 6) is 3.70. The van der Waals surface area contributed by atoms with Crippen LogP contribution in [0.3, 0.4) is 0 Å². The Labute approximate surface area is 162 Å². The second-order valence-electron chi connectivity index (χ2n) is 5.92. The molecule has 1 heterocycles. The number of halogens is 3. The molecule has 0 radical (unpaired) electrons. The number of nitrogen functional groups attached to an aromatic ring is 1. The minimum atomic E-state index is -0.867. The van der Waals surface area contributed by atoms with Gasteiger partial charge in [0.25, 0.3) is 0 Å². The van der Waals surface area contributed by atoms with E-state index in [1.807, 2.05) is 0 Å². The Bertz CT molecular complexity index is 973. The van der Waals surface area contributed by atoms with Crippen LogP contribution in [0.2, 0.25) is 0 Å². The summed E-state index contributed by atoms with van der Waals surface area (Å²) in [7, 11) is 0. The van der Waals surface area contributed by atoms with Crippen molar-refractivity contribution < 1.29 is 18.0 Å². The van der Waals surface area contributed by atoms with Crippen LogP contribution in [0.15, 0.2) is 47.6 Å². The molecule has 146 valence electrons. The lowest BCUT2D eigenvalue weighted by Crippen LogP contribution is -2.25. The van der Waals surface area contributed by atoms with Crippen LogP contribution < -0.4 is 11.2 Å². The fourth-order valence-corrected chi connectivity index (χ4v) is 3.14. The molecule has 0 unspecified atom stereocenters. The molecule has 0 aliphatic heterocycles. The number of para-hydroxylation sites is 1. The van der Waals surface area contributed by atoms with E-state index in [0.29, 0.717) is 12.2 Å². The van der Waals surface area contributed by atoms with Gasteiger partial charge >= 0.3 is 0 Å². The highest BCUT2D eigenvalue weighted by Crippen LogP contribution is 2.24. The van der Waals surface area contributed by atoms with E-state index in [1.165, 1.54) is 22.9 Å². The molecule has 0 aliphatic carbocycles. The molecule has 1 aromatic heterocycles. The molecule has 0 bridgehead atoms. The van der Waals surface area contributed by atoms with E-state index in [1.54, 1.807) is 19.1 Å². The van der Waals surface area contributed by atoms with Gasteiger partial charge in [-0.2, -0.15) is 0 Å². The standard InChI is InChI=1S/C18H16F3N5OS/c1-10(17(27)23-16-13(20)3-2-4-14(16)21)28-18-25-24-15(26(18)22)9-11-5-7-12(19)8-6-11/h2-8,10H,9,22H2,1H3,(H,23,27)/t10-/m0/s1. The number of rotatable bonds is 6. The van der Waals surface area contributed by atoms with Crippen LogP contribution in [0.1, 0.15) is 18.3 Å². The molecule has 3 aromatic rings. The normalized spacial score (nSPS) is 12.0. The summed E-state index contributed by atoms with van der Waals surface area (Å²) in [5, 5.41) is 9.66. The molecule has 0 spiro atoms. The Morgan fingerprint density at radius 2 is 1.79 bits per heavy atom. The smallest absolute Gasteiger partial charge is 0.237 e. The van der Waals surface area contributed by atoms with Crippen molar-refractivity contribution >= 4 is 23.4 Å². The van der Waals surface area contributed by atoms with Gasteiger partial charge in [0.2, 0.25) is 11.1 Å². The molecule has 28 heavy (non-hydrogen) atoms. The Hall–Kier alpha value is -3.01. The van der Waals surface area contributed by atoms with Gasteiger partial charge in [0, 0.05) is 6.42 Å². The summed E-state index contributed by atoms with van der Waals surface area (Å²) in [6, 6.07) is 9.18. The number of aromatic nitrogens is 3. The van der Waals surface area contributed by atoms with Gasteiger partial charge in [0.1, 0.15) is 23.1 Å². The van der Waals surface area contributed by atoms with Crippen LogP contribution >= 0.6 is 11.8 Å². The molecule has 3 rings (SSSR count). The molecule has 2 aromatic carbocycles. The lowest BCUT2D eigenvalue weighted by Gasteiger charge is -2.12. The van der Waals surface area contributed by atoms with Gasteiger partial charge in [-0.05, 0) is 36.8 Å². The Balaban J connectivity index is 1.67. The number of anilines is 1. The largest absolute Gasteiger partial charge is 0.336 e. The van der Waals surface area contributed by atoms with Crippen molar-refractivity contribution in [3.8, 4) is 0 Å². The maximum Gasteiger partial charge on any atom is 0.237 e. The van der Waals surface area contributed by atoms with E-state index in [4.69, 9.17) is 5.84 Å². The number of carbonyl (C=O) groups excluding carboxylic acids is 1. The molecule has 1 atom stereocenters. The number of nitrogens with two attached hydrogens (primary N) is 1. The minimum Gasteiger partial charge on any atom is -0.336 e. The van der Waals surface area contributed by atoms with Gasteiger partial charge in [0.15, 0.2) is 5.82 Å². The zero-order chi connectivity index (χ0) is 20.3. The van der Waals surface area contributed by atoms with Crippen molar-refractivity contribution in [2.24, 2.45) is 0 Å². The highest BCUT2D eigenvalue weighted by Gasteiger charge is 2.21. The Morgan fingerprint density at radius 1 is 1.14 bits per heavy atom. The number of benzene rings is 2. The maximum absolute atomic E-state index is 13.7. The molecule has 6 nitrogen and oxygen atoms in total. The third-order valence-electron chi connectivity index (χ3n) is 3.87. The number of hydrogen-bond donors (Lipinski definition) is 2. The molecule has 10 heteroatoms. The molecular formula is C18H16F3N5OS. The zero-order valence-electron chi connectivity index (χ0n) is 14.7. The molecule has 1 amide bonds. The number of nitrogens with zero attached hydrogens (tertiary/aromatic N) is 3. The van der Waals surface area contributed by atoms with Crippen LogP contribution in [0.4, 0.5) is 18.9 Å². The van der Waals surface area contributed by atoms with Crippen LogP contribution in [0.5, 0.6) is 0 Å². The summed E-state index contributed by atoms with van der Waals surface area (Å²) in [6.45, 7) is 1.55. The Morgan fingerprint density at radius 3 is 2.43 bits per heavy atom. The number of nitrogens with one attached hydrogen (secondary N) is 1. The van der Waals surface area contributed by atoms with E-state index < -0.39 is 28.5 Å². The van der Waals surface area contributed by atoms with E-state index in [2.05, 4.69) is 15.5 Å². The van der Waals surface area contributed by atoms with Gasteiger partial charge < -0.3 is 11.2 Å². The first-order valence-corrected chi connectivity index (χ1v) is 9.08. The first kappa shape index (κ1) is 19.7. The second-order valence-corrected chi connectivity index (χ2v) is 7.23. The van der Waals surface area contributed by atoms with E-state index in [9.17, 15) is 18.0 Å². The Kier molecular flexibility index (Phi) is 5.88. The average Bonchev–Trinajstić information content (AvgIpc) is 3.00. The van der Waals surface area contributed by atoms with Crippen molar-refractivity contribution in [2.75, 3.05) is 11.2 Å². The quantitative estimate of drug-likeness (QED) is 0.484. The van der Waals surface area contributed by atoms with Gasteiger partial charge in [-0.3, -0.25) is 4.79 Å². The van der Waals surface area contributed by atoms with Gasteiger partial charge in [0.05, 0.1) is 5.25 Å². The fourth-order valence-electron chi connectivity index (χ4n) is 2.35. The highest BCUT2D eigenvalue weighted by atomic mass is 32.2. The highest BCUT2D eigenvalue weighted by molar-refractivity contribution is 8.00. The summed E-state index contributed by atoms with van der Waals surface area (Å²) in [5.41, 5.74) is 0.282. The van der Waals surface area contributed by atoms with Crippen molar-refractivity contribution in [3.05, 3.63) is 71.3 Å². The van der Waals surface area contributed by atoms with E-state index in [-0.39, 0.29) is 11.0 Å². The average molecular weight is 407 g/mol. The zero-order valence-corrected chi connectivity index (χ0v) is 15.5. The van der Waals surface area contributed by atoms with Gasteiger partial charge in [-0.1, -0.05) is 30.0 Å². The molecular weight excluding hydrogens is 391 g/mol. The number of amides is 1. The molecule has 0 fully saturated rings. The SMILES string of the molecule is C[C@H](Sc1nnc(Cc2ccc(F)cc2)n1N)C(=O)Nc1c(F)cccc1F. The van der Waals surface area contributed by atoms with Crippen molar-refractivity contribution in [1.82, 2.24) is 14.9 Å². The minimum absolute atomic E-state index is 0.258. The first-order chi connectivity index (χ1) is 13.3. The number of thioether (sulfide) groups is 1. The third kappa shape index (κ3) is 4.45. The van der Waals surface area contributed by atoms with Crippen molar-refractivity contribution in [3.63, 3.8) is 0 Å². The number of hydrogen-bond acceptors (Lipinski definition) is 5. The molecule has 0 aliphatic rings. The summed E-state index contributed by atoms with van der Waals surface area (Å²) < 4.78 is 41.5. The topological polar surface area (TPSA) is 85.8 Å². The van der Waals surface area contributed by atoms with Crippen molar-refractivity contribution in [1.29, 1.82) is 0 Å². The lowest BCUT2D eigenvalue weighted by atomic mass is 10.1. The van der Waals surface area contributed by atoms with Crippen molar-refractivity contribution in [2.45, 2.75) is 23.8 Å². The first-order valence-electron chi connectivity index (χ1n) is 8.20. The number of carbonyl (C=O) groups is 1. The van der Waals surface area contributed by atoms with Gasteiger partial charge in [-0.15, -0.1) is 10.2 Å². The van der Waals surface area contributed by atoms with Crippen LogP contribution in [0.25, 0.3) is 0 Å². The van der Waals surface area contributed by atoms with E-state index in [0.717, 1.165) is 29.5 Å².